The highest BCUT2D eigenvalue weighted by Gasteiger charge is 2.05. The number of aromatic nitrogens is 1. The summed E-state index contributed by atoms with van der Waals surface area (Å²) >= 11 is 0. The monoisotopic (exact) mass is 299 g/mol. The SMILES string of the molecule is CCOC(=O)c1ccc(OCCc2ccc(CC)cn2)cc1. The van der Waals surface area contributed by atoms with Crippen LogP contribution in [0, 0.1) is 0 Å². The number of carbonyl (C=O) groups is 1. The molecule has 1 heterocycles. The van der Waals surface area contributed by atoms with Gasteiger partial charge < -0.3 is 9.47 Å². The number of esters is 1. The maximum Gasteiger partial charge on any atom is 0.338 e. The lowest BCUT2D eigenvalue weighted by atomic mass is 10.2. The van der Waals surface area contributed by atoms with E-state index in [1.807, 2.05) is 12.3 Å². The maximum absolute atomic E-state index is 11.5. The lowest BCUT2D eigenvalue weighted by Gasteiger charge is -2.07. The van der Waals surface area contributed by atoms with Crippen LogP contribution in [0.2, 0.25) is 0 Å². The Morgan fingerprint density at radius 2 is 1.86 bits per heavy atom. The fourth-order valence-electron chi connectivity index (χ4n) is 1.99. The number of nitrogens with zero attached hydrogens (tertiary/aromatic N) is 1. The zero-order chi connectivity index (χ0) is 15.8. The number of pyridine rings is 1. The first-order valence-electron chi connectivity index (χ1n) is 7.56. The van der Waals surface area contributed by atoms with E-state index in [4.69, 9.17) is 9.47 Å². The number of carbonyl (C=O) groups excluding carboxylic acids is 1. The van der Waals surface area contributed by atoms with Crippen molar-refractivity contribution in [1.29, 1.82) is 0 Å². The molecule has 0 N–H and O–H groups in total. The topological polar surface area (TPSA) is 48.4 Å². The minimum atomic E-state index is -0.311. The van der Waals surface area contributed by atoms with Crippen molar-refractivity contribution in [3.63, 3.8) is 0 Å². The Labute approximate surface area is 131 Å². The van der Waals surface area contributed by atoms with Gasteiger partial charge in [-0.2, -0.15) is 0 Å². The molecule has 22 heavy (non-hydrogen) atoms. The van der Waals surface area contributed by atoms with Gasteiger partial charge in [-0.25, -0.2) is 4.79 Å². The molecule has 1 aromatic heterocycles. The first kappa shape index (κ1) is 16.0. The molecule has 0 unspecified atom stereocenters. The smallest absolute Gasteiger partial charge is 0.338 e. The number of aryl methyl sites for hydroxylation is 1. The highest BCUT2D eigenvalue weighted by atomic mass is 16.5. The number of benzene rings is 1. The van der Waals surface area contributed by atoms with E-state index < -0.39 is 0 Å². The van der Waals surface area contributed by atoms with Crippen LogP contribution in [-0.4, -0.2) is 24.2 Å². The molecule has 4 nitrogen and oxygen atoms in total. The van der Waals surface area contributed by atoms with Gasteiger partial charge in [-0.3, -0.25) is 4.98 Å². The highest BCUT2D eigenvalue weighted by molar-refractivity contribution is 5.89. The molecule has 116 valence electrons. The predicted octanol–water partition coefficient (Wildman–Crippen LogP) is 3.44. The molecule has 0 saturated carbocycles. The summed E-state index contributed by atoms with van der Waals surface area (Å²) in [5.74, 6) is 0.424. The van der Waals surface area contributed by atoms with Crippen LogP contribution in [0.25, 0.3) is 0 Å². The van der Waals surface area contributed by atoms with Gasteiger partial charge in [-0.15, -0.1) is 0 Å². The van der Waals surface area contributed by atoms with E-state index in [2.05, 4.69) is 18.0 Å². The number of ether oxygens (including phenoxy) is 2. The molecule has 0 fully saturated rings. The third kappa shape index (κ3) is 4.58. The second kappa shape index (κ2) is 8.17. The fraction of sp³-hybridized carbons (Fsp3) is 0.333. The van der Waals surface area contributed by atoms with Crippen molar-refractivity contribution in [2.45, 2.75) is 26.7 Å². The number of rotatable bonds is 7. The van der Waals surface area contributed by atoms with Gasteiger partial charge >= 0.3 is 5.97 Å². The van der Waals surface area contributed by atoms with Crippen molar-refractivity contribution >= 4 is 5.97 Å². The van der Waals surface area contributed by atoms with Crippen molar-refractivity contribution in [1.82, 2.24) is 4.98 Å². The van der Waals surface area contributed by atoms with Crippen LogP contribution in [-0.2, 0) is 17.6 Å². The fourth-order valence-corrected chi connectivity index (χ4v) is 1.99. The van der Waals surface area contributed by atoms with Crippen LogP contribution in [0.5, 0.6) is 5.75 Å². The van der Waals surface area contributed by atoms with Crippen LogP contribution in [0.1, 0.15) is 35.5 Å². The van der Waals surface area contributed by atoms with Crippen LogP contribution in [0.15, 0.2) is 42.6 Å². The maximum atomic E-state index is 11.5. The number of hydrogen-bond donors (Lipinski definition) is 0. The molecule has 4 heteroatoms. The molecule has 0 saturated heterocycles. The molecule has 0 aliphatic carbocycles. The Balaban J connectivity index is 1.82. The van der Waals surface area contributed by atoms with E-state index in [0.29, 0.717) is 18.8 Å². The Morgan fingerprint density at radius 3 is 2.45 bits per heavy atom. The van der Waals surface area contributed by atoms with Gasteiger partial charge in [0.15, 0.2) is 0 Å². The van der Waals surface area contributed by atoms with Gasteiger partial charge in [-0.1, -0.05) is 13.0 Å². The van der Waals surface area contributed by atoms with E-state index in [9.17, 15) is 4.79 Å². The van der Waals surface area contributed by atoms with Crippen LogP contribution >= 0.6 is 0 Å². The Bertz CT molecular complexity index is 591. The molecule has 1 aromatic carbocycles. The van der Waals surface area contributed by atoms with Crippen molar-refractivity contribution in [2.75, 3.05) is 13.2 Å². The van der Waals surface area contributed by atoms with Gasteiger partial charge in [0, 0.05) is 18.3 Å². The highest BCUT2D eigenvalue weighted by Crippen LogP contribution is 2.13. The molecule has 0 aliphatic rings. The minimum Gasteiger partial charge on any atom is -0.493 e. The molecule has 0 radical (unpaired) electrons. The zero-order valence-corrected chi connectivity index (χ0v) is 13.0. The average Bonchev–Trinajstić information content (AvgIpc) is 2.56. The van der Waals surface area contributed by atoms with Gasteiger partial charge in [0.1, 0.15) is 5.75 Å². The summed E-state index contributed by atoms with van der Waals surface area (Å²) in [7, 11) is 0. The third-order valence-corrected chi connectivity index (χ3v) is 3.29. The summed E-state index contributed by atoms with van der Waals surface area (Å²) in [6.07, 6.45) is 3.66. The summed E-state index contributed by atoms with van der Waals surface area (Å²) in [4.78, 5) is 15.9. The van der Waals surface area contributed by atoms with Crippen molar-refractivity contribution in [3.8, 4) is 5.75 Å². The molecule has 2 rings (SSSR count). The summed E-state index contributed by atoms with van der Waals surface area (Å²) in [5, 5.41) is 0. The van der Waals surface area contributed by atoms with Gasteiger partial charge in [0.2, 0.25) is 0 Å². The largest absolute Gasteiger partial charge is 0.493 e. The quantitative estimate of drug-likeness (QED) is 0.735. The Morgan fingerprint density at radius 1 is 1.09 bits per heavy atom. The lowest BCUT2D eigenvalue weighted by molar-refractivity contribution is 0.0526. The minimum absolute atomic E-state index is 0.311. The number of hydrogen-bond acceptors (Lipinski definition) is 4. The van der Waals surface area contributed by atoms with Crippen LogP contribution in [0.3, 0.4) is 0 Å². The summed E-state index contributed by atoms with van der Waals surface area (Å²) < 4.78 is 10.6. The summed E-state index contributed by atoms with van der Waals surface area (Å²) in [6, 6.07) is 11.1. The average molecular weight is 299 g/mol. The van der Waals surface area contributed by atoms with Crippen LogP contribution < -0.4 is 4.74 Å². The first-order chi connectivity index (χ1) is 10.7. The van der Waals surface area contributed by atoms with E-state index in [1.54, 1.807) is 31.2 Å². The van der Waals surface area contributed by atoms with E-state index >= 15 is 0 Å². The van der Waals surface area contributed by atoms with E-state index in [1.165, 1.54) is 5.56 Å². The van der Waals surface area contributed by atoms with E-state index in [0.717, 1.165) is 24.3 Å². The van der Waals surface area contributed by atoms with Crippen molar-refractivity contribution in [2.24, 2.45) is 0 Å². The van der Waals surface area contributed by atoms with Crippen molar-refractivity contribution in [3.05, 3.63) is 59.4 Å². The molecule has 0 amide bonds. The predicted molar refractivity (Wildman–Crippen MR) is 85.2 cm³/mol. The molecule has 2 aromatic rings. The first-order valence-corrected chi connectivity index (χ1v) is 7.56. The standard InChI is InChI=1S/C18H21NO3/c1-3-14-5-8-16(19-13-14)11-12-22-17-9-6-15(7-10-17)18(20)21-4-2/h5-10,13H,3-4,11-12H2,1-2H3. The second-order valence-electron chi connectivity index (χ2n) is 4.85. The normalized spacial score (nSPS) is 10.3. The zero-order valence-electron chi connectivity index (χ0n) is 13.0. The second-order valence-corrected chi connectivity index (χ2v) is 4.85. The molecule has 0 spiro atoms. The Hall–Kier alpha value is -2.36. The lowest BCUT2D eigenvalue weighted by Crippen LogP contribution is -2.05. The van der Waals surface area contributed by atoms with Gasteiger partial charge in [-0.05, 0) is 49.2 Å². The molecule has 0 aliphatic heterocycles. The third-order valence-electron chi connectivity index (χ3n) is 3.29. The van der Waals surface area contributed by atoms with Crippen LogP contribution in [0.4, 0.5) is 0 Å². The van der Waals surface area contributed by atoms with E-state index in [-0.39, 0.29) is 5.97 Å². The summed E-state index contributed by atoms with van der Waals surface area (Å²) in [5.41, 5.74) is 2.78. The molecule has 0 atom stereocenters. The van der Waals surface area contributed by atoms with Gasteiger partial charge in [0.25, 0.3) is 0 Å². The molecular weight excluding hydrogens is 278 g/mol. The van der Waals surface area contributed by atoms with Crippen molar-refractivity contribution < 1.29 is 14.3 Å². The Kier molecular flexibility index (Phi) is 5.95. The molecular formula is C18H21NO3. The summed E-state index contributed by atoms with van der Waals surface area (Å²) in [6.45, 7) is 4.83. The van der Waals surface area contributed by atoms with Gasteiger partial charge in [0.05, 0.1) is 18.8 Å². The molecule has 0 bridgehead atoms.